The highest BCUT2D eigenvalue weighted by atomic mass is 15.1. The number of aryl methyl sites for hydroxylation is 2. The van der Waals surface area contributed by atoms with Gasteiger partial charge in [0.25, 0.3) is 0 Å². The number of anilines is 1. The molecule has 0 saturated heterocycles. The minimum atomic E-state index is 0.327. The lowest BCUT2D eigenvalue weighted by molar-refractivity contribution is 0.644. The van der Waals surface area contributed by atoms with E-state index in [0.717, 1.165) is 30.2 Å². The number of nitrogen functional groups attached to an aromatic ring is 1. The molecule has 0 aliphatic heterocycles. The SMILES string of the molecule is CCCn1ccnc1Cc1cc(C)nc(N)n1. The molecule has 0 spiro atoms. The Hall–Kier alpha value is -1.91. The van der Waals surface area contributed by atoms with Crippen LogP contribution in [0.15, 0.2) is 18.5 Å². The molecule has 0 aliphatic rings. The van der Waals surface area contributed by atoms with Gasteiger partial charge in [0.05, 0.1) is 5.69 Å². The fourth-order valence-electron chi connectivity index (χ4n) is 1.86. The molecule has 90 valence electrons. The van der Waals surface area contributed by atoms with E-state index >= 15 is 0 Å². The van der Waals surface area contributed by atoms with E-state index in [1.54, 1.807) is 0 Å². The van der Waals surface area contributed by atoms with Gasteiger partial charge in [0, 0.05) is 31.1 Å². The van der Waals surface area contributed by atoms with Crippen molar-refractivity contribution in [3.8, 4) is 0 Å². The van der Waals surface area contributed by atoms with Gasteiger partial charge in [-0.1, -0.05) is 6.92 Å². The maximum absolute atomic E-state index is 5.64. The van der Waals surface area contributed by atoms with Crippen LogP contribution in [0.2, 0.25) is 0 Å². The van der Waals surface area contributed by atoms with Gasteiger partial charge in [-0.05, 0) is 19.4 Å². The second kappa shape index (κ2) is 4.95. The van der Waals surface area contributed by atoms with Gasteiger partial charge < -0.3 is 10.3 Å². The highest BCUT2D eigenvalue weighted by Crippen LogP contribution is 2.09. The molecule has 5 nitrogen and oxygen atoms in total. The molecule has 0 atom stereocenters. The zero-order chi connectivity index (χ0) is 12.3. The maximum atomic E-state index is 5.64. The zero-order valence-electron chi connectivity index (χ0n) is 10.2. The molecule has 0 radical (unpaired) electrons. The van der Waals surface area contributed by atoms with Crippen molar-refractivity contribution in [1.29, 1.82) is 0 Å². The van der Waals surface area contributed by atoms with E-state index in [1.165, 1.54) is 0 Å². The van der Waals surface area contributed by atoms with Crippen molar-refractivity contribution < 1.29 is 0 Å². The summed E-state index contributed by atoms with van der Waals surface area (Å²) in [4.78, 5) is 12.6. The van der Waals surface area contributed by atoms with Crippen LogP contribution in [0.4, 0.5) is 5.95 Å². The summed E-state index contributed by atoms with van der Waals surface area (Å²) in [5.41, 5.74) is 7.44. The lowest BCUT2D eigenvalue weighted by atomic mass is 10.2. The summed E-state index contributed by atoms with van der Waals surface area (Å²) in [5, 5.41) is 0. The Morgan fingerprint density at radius 3 is 2.88 bits per heavy atom. The monoisotopic (exact) mass is 231 g/mol. The van der Waals surface area contributed by atoms with Gasteiger partial charge in [0.1, 0.15) is 5.82 Å². The Kier molecular flexibility index (Phi) is 3.37. The molecule has 0 bridgehead atoms. The summed E-state index contributed by atoms with van der Waals surface area (Å²) in [6.07, 6.45) is 5.60. The average Bonchev–Trinajstić information content (AvgIpc) is 2.65. The van der Waals surface area contributed by atoms with E-state index in [1.807, 2.05) is 25.4 Å². The first-order valence-corrected chi connectivity index (χ1v) is 5.79. The van der Waals surface area contributed by atoms with Crippen LogP contribution in [0, 0.1) is 6.92 Å². The van der Waals surface area contributed by atoms with Crippen molar-refractivity contribution in [2.75, 3.05) is 5.73 Å². The molecule has 0 amide bonds. The van der Waals surface area contributed by atoms with E-state index in [9.17, 15) is 0 Å². The quantitative estimate of drug-likeness (QED) is 0.867. The van der Waals surface area contributed by atoms with Crippen LogP contribution >= 0.6 is 0 Å². The van der Waals surface area contributed by atoms with Crippen molar-refractivity contribution >= 4 is 5.95 Å². The molecule has 0 unspecified atom stereocenters. The summed E-state index contributed by atoms with van der Waals surface area (Å²) in [7, 11) is 0. The van der Waals surface area contributed by atoms with Crippen molar-refractivity contribution in [2.45, 2.75) is 33.2 Å². The van der Waals surface area contributed by atoms with Gasteiger partial charge in [0.15, 0.2) is 0 Å². The van der Waals surface area contributed by atoms with Crippen LogP contribution in [0.5, 0.6) is 0 Å². The third kappa shape index (κ3) is 2.81. The highest BCUT2D eigenvalue weighted by molar-refractivity contribution is 5.23. The van der Waals surface area contributed by atoms with Crippen LogP contribution in [-0.2, 0) is 13.0 Å². The first-order valence-electron chi connectivity index (χ1n) is 5.79. The van der Waals surface area contributed by atoms with E-state index in [0.29, 0.717) is 12.4 Å². The van der Waals surface area contributed by atoms with Crippen molar-refractivity contribution in [2.24, 2.45) is 0 Å². The third-order valence-corrected chi connectivity index (χ3v) is 2.53. The van der Waals surface area contributed by atoms with Crippen LogP contribution in [-0.4, -0.2) is 19.5 Å². The van der Waals surface area contributed by atoms with Gasteiger partial charge in [-0.25, -0.2) is 15.0 Å². The van der Waals surface area contributed by atoms with Gasteiger partial charge in [-0.15, -0.1) is 0 Å². The van der Waals surface area contributed by atoms with Crippen LogP contribution in [0.1, 0.15) is 30.6 Å². The standard InChI is InChI=1S/C12H17N5/c1-3-5-17-6-4-14-11(17)8-10-7-9(2)15-12(13)16-10/h4,6-7H,3,5,8H2,1-2H3,(H2,13,15,16). The number of imidazole rings is 1. The number of hydrogen-bond donors (Lipinski definition) is 1. The fourth-order valence-corrected chi connectivity index (χ4v) is 1.86. The normalized spacial score (nSPS) is 10.7. The smallest absolute Gasteiger partial charge is 0.220 e. The van der Waals surface area contributed by atoms with Gasteiger partial charge in [-0.3, -0.25) is 0 Å². The molecule has 0 saturated carbocycles. The number of rotatable bonds is 4. The Balaban J connectivity index is 2.22. The van der Waals surface area contributed by atoms with Crippen LogP contribution in [0.3, 0.4) is 0 Å². The number of nitrogens with two attached hydrogens (primary N) is 1. The molecule has 2 heterocycles. The molecule has 2 N–H and O–H groups in total. The maximum Gasteiger partial charge on any atom is 0.220 e. The molecule has 5 heteroatoms. The predicted molar refractivity (Wildman–Crippen MR) is 66.5 cm³/mol. The molecule has 0 fully saturated rings. The van der Waals surface area contributed by atoms with Crippen molar-refractivity contribution in [3.05, 3.63) is 35.7 Å². The first kappa shape index (κ1) is 11.6. The summed E-state index contributed by atoms with van der Waals surface area (Å²) in [6.45, 7) is 5.05. The lowest BCUT2D eigenvalue weighted by Gasteiger charge is -2.06. The Labute approximate surface area is 101 Å². The number of hydrogen-bond acceptors (Lipinski definition) is 4. The average molecular weight is 231 g/mol. The first-order chi connectivity index (χ1) is 8.19. The summed E-state index contributed by atoms with van der Waals surface area (Å²) in [5.74, 6) is 1.35. The number of nitrogens with zero attached hydrogens (tertiary/aromatic N) is 4. The van der Waals surface area contributed by atoms with E-state index in [2.05, 4.69) is 26.4 Å². The second-order valence-corrected chi connectivity index (χ2v) is 4.07. The molecular formula is C12H17N5. The fraction of sp³-hybridized carbons (Fsp3) is 0.417. The Morgan fingerprint density at radius 1 is 1.35 bits per heavy atom. The topological polar surface area (TPSA) is 69.6 Å². The largest absolute Gasteiger partial charge is 0.368 e. The second-order valence-electron chi connectivity index (χ2n) is 4.07. The summed E-state index contributed by atoms with van der Waals surface area (Å²) >= 11 is 0. The molecule has 2 rings (SSSR count). The zero-order valence-corrected chi connectivity index (χ0v) is 10.2. The Morgan fingerprint density at radius 2 is 2.18 bits per heavy atom. The summed E-state index contributed by atoms with van der Waals surface area (Å²) in [6, 6.07) is 1.95. The Bertz CT molecular complexity index is 483. The van der Waals surface area contributed by atoms with Gasteiger partial charge in [-0.2, -0.15) is 0 Å². The molecular weight excluding hydrogens is 214 g/mol. The van der Waals surface area contributed by atoms with Crippen LogP contribution < -0.4 is 5.73 Å². The third-order valence-electron chi connectivity index (χ3n) is 2.53. The molecule has 2 aromatic rings. The molecule has 2 aromatic heterocycles. The van der Waals surface area contributed by atoms with E-state index in [-0.39, 0.29) is 0 Å². The molecule has 0 aliphatic carbocycles. The minimum absolute atomic E-state index is 0.327. The highest BCUT2D eigenvalue weighted by Gasteiger charge is 2.06. The summed E-state index contributed by atoms with van der Waals surface area (Å²) < 4.78 is 2.15. The van der Waals surface area contributed by atoms with E-state index in [4.69, 9.17) is 5.73 Å². The molecule has 17 heavy (non-hydrogen) atoms. The lowest BCUT2D eigenvalue weighted by Crippen LogP contribution is -2.06. The van der Waals surface area contributed by atoms with Gasteiger partial charge >= 0.3 is 0 Å². The van der Waals surface area contributed by atoms with Crippen molar-refractivity contribution in [3.63, 3.8) is 0 Å². The van der Waals surface area contributed by atoms with E-state index < -0.39 is 0 Å². The van der Waals surface area contributed by atoms with Crippen LogP contribution in [0.25, 0.3) is 0 Å². The predicted octanol–water partition coefficient (Wildman–Crippen LogP) is 1.56. The minimum Gasteiger partial charge on any atom is -0.368 e. The molecule has 0 aromatic carbocycles. The number of aromatic nitrogens is 4. The van der Waals surface area contributed by atoms with Crippen molar-refractivity contribution in [1.82, 2.24) is 19.5 Å². The van der Waals surface area contributed by atoms with Gasteiger partial charge in [0.2, 0.25) is 5.95 Å².